The molecule has 0 atom stereocenters. The third kappa shape index (κ3) is 4.62. The zero-order valence-electron chi connectivity index (χ0n) is 14.7. The summed E-state index contributed by atoms with van der Waals surface area (Å²) < 4.78 is 45.4. The molecular formula is C20H22F3NO. The average Bonchev–Trinajstić information content (AvgIpc) is 3.36. The summed E-state index contributed by atoms with van der Waals surface area (Å²) in [5.41, 5.74) is 2.16. The maximum Gasteiger partial charge on any atom is 0.416 e. The summed E-state index contributed by atoms with van der Waals surface area (Å²) in [6.07, 6.45) is 0.431. The first kappa shape index (κ1) is 19.0. The molecule has 0 amide bonds. The maximum atomic E-state index is 13.4. The smallest absolute Gasteiger partial charge is 0.416 e. The quantitative estimate of drug-likeness (QED) is 0.266. The molecule has 1 aromatic carbocycles. The fourth-order valence-electron chi connectivity index (χ4n) is 2.70. The molecule has 0 spiro atoms. The Morgan fingerprint density at radius 1 is 1.28 bits per heavy atom. The molecule has 1 aliphatic carbocycles. The molecule has 0 unspecified atom stereocenters. The molecule has 0 saturated heterocycles. The Labute approximate surface area is 146 Å². The van der Waals surface area contributed by atoms with Crippen molar-refractivity contribution in [1.29, 1.82) is 0 Å². The van der Waals surface area contributed by atoms with Crippen LogP contribution in [0.3, 0.4) is 0 Å². The van der Waals surface area contributed by atoms with Gasteiger partial charge in [0.15, 0.2) is 6.40 Å². The minimum atomic E-state index is -4.37. The zero-order chi connectivity index (χ0) is 18.8. The zero-order valence-corrected chi connectivity index (χ0v) is 14.7. The summed E-state index contributed by atoms with van der Waals surface area (Å²) in [5.74, 6) is 0.535. The van der Waals surface area contributed by atoms with Gasteiger partial charge in [-0.15, -0.1) is 0 Å². The van der Waals surface area contributed by atoms with Crippen LogP contribution >= 0.6 is 0 Å². The first-order valence-corrected chi connectivity index (χ1v) is 8.01. The van der Waals surface area contributed by atoms with Crippen LogP contribution in [0.15, 0.2) is 47.7 Å². The molecule has 1 saturated carbocycles. The van der Waals surface area contributed by atoms with E-state index >= 15 is 0 Å². The number of halogens is 3. The van der Waals surface area contributed by atoms with E-state index < -0.39 is 11.7 Å². The van der Waals surface area contributed by atoms with Crippen LogP contribution in [-0.4, -0.2) is 13.4 Å². The van der Waals surface area contributed by atoms with Gasteiger partial charge in [-0.1, -0.05) is 19.2 Å². The normalized spacial score (nSPS) is 15.5. The van der Waals surface area contributed by atoms with Crippen molar-refractivity contribution >= 4 is 12.0 Å². The van der Waals surface area contributed by atoms with Crippen molar-refractivity contribution in [3.05, 3.63) is 65.0 Å². The molecule has 0 aromatic heterocycles. The number of nitrogens with zero attached hydrogens (tertiary/aromatic N) is 1. The number of benzene rings is 1. The molecule has 2 nitrogen and oxygen atoms in total. The molecule has 2 rings (SSSR count). The SMILES string of the molecule is C=C(/C=C(/C)c1cc(C2CC2)cc(C(F)(F)F)c1C)C(=C)OC=NC. The molecule has 1 aromatic rings. The minimum absolute atomic E-state index is 0.222. The summed E-state index contributed by atoms with van der Waals surface area (Å²) in [4.78, 5) is 3.69. The fourth-order valence-corrected chi connectivity index (χ4v) is 2.70. The van der Waals surface area contributed by atoms with Gasteiger partial charge in [-0.25, -0.2) is 0 Å². The summed E-state index contributed by atoms with van der Waals surface area (Å²) in [6.45, 7) is 10.9. The number of hydrogen-bond donors (Lipinski definition) is 0. The molecule has 0 heterocycles. The van der Waals surface area contributed by atoms with Crippen LogP contribution < -0.4 is 0 Å². The lowest BCUT2D eigenvalue weighted by Crippen LogP contribution is -2.10. The lowest BCUT2D eigenvalue weighted by Gasteiger charge is -2.17. The second-order valence-electron chi connectivity index (χ2n) is 6.27. The van der Waals surface area contributed by atoms with Gasteiger partial charge < -0.3 is 4.74 Å². The Bertz CT molecular complexity index is 753. The molecule has 0 aliphatic heterocycles. The van der Waals surface area contributed by atoms with E-state index in [2.05, 4.69) is 18.2 Å². The third-order valence-electron chi connectivity index (χ3n) is 4.26. The first-order valence-electron chi connectivity index (χ1n) is 8.01. The number of aliphatic imine (C=N–C) groups is 1. The highest BCUT2D eigenvalue weighted by atomic mass is 19.4. The van der Waals surface area contributed by atoms with Crippen molar-refractivity contribution in [2.45, 2.75) is 38.8 Å². The standard InChI is InChI=1S/C20H22F3NO/c1-12(15(4)25-11-24-5)8-13(2)18-9-17(16-6-7-16)10-19(14(18)3)20(21,22)23/h8-11,16H,1,4,6-7H2,2-3,5H3/b13-8-,24-11?. The predicted molar refractivity (Wildman–Crippen MR) is 95.6 cm³/mol. The van der Waals surface area contributed by atoms with Crippen LogP contribution in [0, 0.1) is 6.92 Å². The van der Waals surface area contributed by atoms with Crippen LogP contribution in [0.25, 0.3) is 5.57 Å². The molecular weight excluding hydrogens is 327 g/mol. The van der Waals surface area contributed by atoms with Gasteiger partial charge in [0, 0.05) is 12.6 Å². The van der Waals surface area contributed by atoms with Crippen molar-refractivity contribution in [2.75, 3.05) is 7.05 Å². The lowest BCUT2D eigenvalue weighted by atomic mass is 9.91. The highest BCUT2D eigenvalue weighted by Crippen LogP contribution is 2.44. The van der Waals surface area contributed by atoms with Crippen LogP contribution in [0.2, 0.25) is 0 Å². The van der Waals surface area contributed by atoms with E-state index in [4.69, 9.17) is 4.74 Å². The van der Waals surface area contributed by atoms with Gasteiger partial charge in [-0.05, 0) is 67.0 Å². The van der Waals surface area contributed by atoms with E-state index in [9.17, 15) is 13.2 Å². The molecule has 25 heavy (non-hydrogen) atoms. The minimum Gasteiger partial charge on any atom is -0.446 e. The lowest BCUT2D eigenvalue weighted by molar-refractivity contribution is -0.138. The third-order valence-corrected chi connectivity index (χ3v) is 4.26. The first-order chi connectivity index (χ1) is 11.6. The largest absolute Gasteiger partial charge is 0.446 e. The summed E-state index contributed by atoms with van der Waals surface area (Å²) in [5, 5.41) is 0. The van der Waals surface area contributed by atoms with E-state index in [1.165, 1.54) is 19.4 Å². The van der Waals surface area contributed by atoms with Gasteiger partial charge in [-0.2, -0.15) is 13.2 Å². The Kier molecular flexibility index (Phi) is 5.55. The molecule has 0 bridgehead atoms. The fraction of sp³-hybridized carbons (Fsp3) is 0.350. The second kappa shape index (κ2) is 7.30. The Morgan fingerprint density at radius 2 is 1.92 bits per heavy atom. The highest BCUT2D eigenvalue weighted by molar-refractivity contribution is 5.72. The van der Waals surface area contributed by atoms with Gasteiger partial charge in [0.2, 0.25) is 0 Å². The number of allylic oxidation sites excluding steroid dienone is 2. The average molecular weight is 349 g/mol. The molecule has 1 fully saturated rings. The second-order valence-corrected chi connectivity index (χ2v) is 6.27. The van der Waals surface area contributed by atoms with E-state index in [1.54, 1.807) is 20.0 Å². The summed E-state index contributed by atoms with van der Waals surface area (Å²) >= 11 is 0. The topological polar surface area (TPSA) is 21.6 Å². The van der Waals surface area contributed by atoms with Crippen LogP contribution in [-0.2, 0) is 10.9 Å². The molecule has 1 aliphatic rings. The number of ether oxygens (including phenoxy) is 1. The number of alkyl halides is 3. The molecule has 0 N–H and O–H groups in total. The van der Waals surface area contributed by atoms with Crippen molar-refractivity contribution in [3.63, 3.8) is 0 Å². The van der Waals surface area contributed by atoms with Crippen LogP contribution in [0.4, 0.5) is 13.2 Å². The molecule has 0 radical (unpaired) electrons. The molecule has 134 valence electrons. The van der Waals surface area contributed by atoms with Gasteiger partial charge >= 0.3 is 6.18 Å². The number of rotatable bonds is 6. The summed E-state index contributed by atoms with van der Waals surface area (Å²) in [6, 6.07) is 3.15. The molecule has 5 heteroatoms. The van der Waals surface area contributed by atoms with Gasteiger partial charge in [0.1, 0.15) is 5.76 Å². The predicted octanol–water partition coefficient (Wildman–Crippen LogP) is 6.04. The van der Waals surface area contributed by atoms with E-state index in [0.29, 0.717) is 22.5 Å². The number of hydrogen-bond acceptors (Lipinski definition) is 2. The van der Waals surface area contributed by atoms with Gasteiger partial charge in [0.25, 0.3) is 0 Å². The monoisotopic (exact) mass is 349 g/mol. The Balaban J connectivity index is 2.43. The Hall–Kier alpha value is -2.30. The maximum absolute atomic E-state index is 13.4. The Morgan fingerprint density at radius 3 is 2.44 bits per heavy atom. The van der Waals surface area contributed by atoms with E-state index in [0.717, 1.165) is 18.4 Å². The van der Waals surface area contributed by atoms with Gasteiger partial charge in [0.05, 0.1) is 5.56 Å². The summed E-state index contributed by atoms with van der Waals surface area (Å²) in [7, 11) is 1.56. The van der Waals surface area contributed by atoms with Crippen LogP contribution in [0.5, 0.6) is 0 Å². The van der Waals surface area contributed by atoms with Gasteiger partial charge in [-0.3, -0.25) is 4.99 Å². The highest BCUT2D eigenvalue weighted by Gasteiger charge is 2.35. The van der Waals surface area contributed by atoms with Crippen molar-refractivity contribution in [2.24, 2.45) is 4.99 Å². The van der Waals surface area contributed by atoms with Crippen molar-refractivity contribution in [3.8, 4) is 0 Å². The van der Waals surface area contributed by atoms with Crippen LogP contribution in [0.1, 0.15) is 47.9 Å². The van der Waals surface area contributed by atoms with Crippen molar-refractivity contribution < 1.29 is 17.9 Å². The van der Waals surface area contributed by atoms with E-state index in [1.807, 2.05) is 6.07 Å². The van der Waals surface area contributed by atoms with E-state index in [-0.39, 0.29) is 11.5 Å². The van der Waals surface area contributed by atoms with Crippen molar-refractivity contribution in [1.82, 2.24) is 0 Å².